The molecule has 1 N–H and O–H groups in total. The minimum Gasteiger partial charge on any atom is -0.497 e. The zero-order valence-electron chi connectivity index (χ0n) is 25.8. The number of amides is 2. The molecule has 0 aliphatic heterocycles. The van der Waals surface area contributed by atoms with Crippen LogP contribution < -0.4 is 19.1 Å². The first-order valence-corrected chi connectivity index (χ1v) is 16.4. The summed E-state index contributed by atoms with van der Waals surface area (Å²) in [6.45, 7) is 6.64. The van der Waals surface area contributed by atoms with Gasteiger partial charge in [-0.05, 0) is 63.1 Å². The number of ether oxygens (including phenoxy) is 2. The van der Waals surface area contributed by atoms with E-state index in [-0.39, 0.29) is 41.2 Å². The van der Waals surface area contributed by atoms with Gasteiger partial charge >= 0.3 is 0 Å². The van der Waals surface area contributed by atoms with Crippen LogP contribution >= 0.6 is 23.2 Å². The van der Waals surface area contributed by atoms with Crippen molar-refractivity contribution in [1.82, 2.24) is 10.2 Å². The normalized spacial score (nSPS) is 12.6. The molecule has 0 radical (unpaired) electrons. The molecule has 9 nitrogen and oxygen atoms in total. The largest absolute Gasteiger partial charge is 0.497 e. The van der Waals surface area contributed by atoms with Gasteiger partial charge in [0.05, 0.1) is 24.8 Å². The number of carbonyl (C=O) groups is 2. The molecule has 0 heterocycles. The van der Waals surface area contributed by atoms with Gasteiger partial charge in [0.15, 0.2) is 0 Å². The maximum Gasteiger partial charge on any atom is 0.264 e. The molecular weight excluding hydrogens is 625 g/mol. The Hall–Kier alpha value is -3.47. The average Bonchev–Trinajstić information content (AvgIpc) is 3.00. The van der Waals surface area contributed by atoms with E-state index in [1.807, 2.05) is 20.8 Å². The Kier molecular flexibility index (Phi) is 12.3. The van der Waals surface area contributed by atoms with Crippen molar-refractivity contribution in [2.24, 2.45) is 0 Å². The summed E-state index contributed by atoms with van der Waals surface area (Å²) in [6.07, 6.45) is 0.938. The minimum atomic E-state index is -4.32. The number of hydrogen-bond donors (Lipinski definition) is 1. The second-order valence-corrected chi connectivity index (χ2v) is 13.0. The molecule has 44 heavy (non-hydrogen) atoms. The van der Waals surface area contributed by atoms with Crippen molar-refractivity contribution in [2.75, 3.05) is 25.1 Å². The fourth-order valence-corrected chi connectivity index (χ4v) is 6.49. The molecule has 0 fully saturated rings. The number of anilines is 1. The zero-order valence-corrected chi connectivity index (χ0v) is 28.1. The summed E-state index contributed by atoms with van der Waals surface area (Å²) in [7, 11) is -1.47. The predicted molar refractivity (Wildman–Crippen MR) is 174 cm³/mol. The molecule has 2 amide bonds. The Balaban J connectivity index is 2.19. The molecule has 3 aromatic carbocycles. The maximum atomic E-state index is 14.4. The average molecular weight is 665 g/mol. The zero-order chi connectivity index (χ0) is 32.6. The van der Waals surface area contributed by atoms with E-state index in [1.165, 1.54) is 37.3 Å². The first-order chi connectivity index (χ1) is 20.9. The monoisotopic (exact) mass is 663 g/mol. The summed E-state index contributed by atoms with van der Waals surface area (Å²) in [4.78, 5) is 29.2. The summed E-state index contributed by atoms with van der Waals surface area (Å²) in [5.74, 6) is -0.453. The van der Waals surface area contributed by atoms with Crippen molar-refractivity contribution < 1.29 is 27.5 Å². The second-order valence-electron chi connectivity index (χ2n) is 10.3. The van der Waals surface area contributed by atoms with Crippen LogP contribution in [0, 0.1) is 6.92 Å². The van der Waals surface area contributed by atoms with Crippen LogP contribution in [-0.2, 0) is 26.2 Å². The molecule has 0 aromatic heterocycles. The number of rotatable bonds is 14. The number of sulfonamides is 1. The van der Waals surface area contributed by atoms with Crippen LogP contribution in [0.15, 0.2) is 65.6 Å². The summed E-state index contributed by atoms with van der Waals surface area (Å²) in [5, 5.41) is 3.57. The molecule has 0 unspecified atom stereocenters. The highest BCUT2D eigenvalue weighted by Gasteiger charge is 2.35. The van der Waals surface area contributed by atoms with Gasteiger partial charge in [0.25, 0.3) is 10.0 Å². The van der Waals surface area contributed by atoms with Crippen LogP contribution in [0.1, 0.15) is 44.7 Å². The lowest BCUT2D eigenvalue weighted by Crippen LogP contribution is -2.53. The van der Waals surface area contributed by atoms with E-state index in [1.54, 1.807) is 49.4 Å². The molecule has 0 aliphatic rings. The van der Waals surface area contributed by atoms with Gasteiger partial charge in [-0.25, -0.2) is 8.42 Å². The first kappa shape index (κ1) is 35.0. The van der Waals surface area contributed by atoms with Crippen LogP contribution in [-0.4, -0.2) is 58.0 Å². The van der Waals surface area contributed by atoms with E-state index in [0.29, 0.717) is 27.8 Å². The first-order valence-electron chi connectivity index (χ1n) is 14.2. The van der Waals surface area contributed by atoms with Crippen molar-refractivity contribution in [3.8, 4) is 11.5 Å². The minimum absolute atomic E-state index is 0.0250. The summed E-state index contributed by atoms with van der Waals surface area (Å²) in [5.41, 5.74) is 1.39. The number of methoxy groups -OCH3 is 2. The lowest BCUT2D eigenvalue weighted by molar-refractivity contribution is -0.140. The molecule has 0 spiro atoms. The molecule has 2 atom stereocenters. The third-order valence-corrected chi connectivity index (χ3v) is 9.80. The third kappa shape index (κ3) is 8.16. The highest BCUT2D eigenvalue weighted by atomic mass is 35.5. The highest BCUT2D eigenvalue weighted by Crippen LogP contribution is 2.36. The quantitative estimate of drug-likeness (QED) is 0.219. The van der Waals surface area contributed by atoms with Gasteiger partial charge in [-0.1, -0.05) is 60.8 Å². The van der Waals surface area contributed by atoms with Crippen molar-refractivity contribution >= 4 is 50.7 Å². The van der Waals surface area contributed by atoms with Gasteiger partial charge in [-0.2, -0.15) is 0 Å². The van der Waals surface area contributed by atoms with Gasteiger partial charge < -0.3 is 19.7 Å². The van der Waals surface area contributed by atoms with Crippen LogP contribution in [0.3, 0.4) is 0 Å². The van der Waals surface area contributed by atoms with Crippen molar-refractivity contribution in [3.63, 3.8) is 0 Å². The van der Waals surface area contributed by atoms with E-state index in [9.17, 15) is 18.0 Å². The maximum absolute atomic E-state index is 14.4. The summed E-state index contributed by atoms with van der Waals surface area (Å²) in [6, 6.07) is 14.8. The molecule has 0 saturated carbocycles. The third-order valence-electron chi connectivity index (χ3n) is 7.32. The molecule has 12 heteroatoms. The van der Waals surface area contributed by atoms with Crippen LogP contribution in [0.25, 0.3) is 0 Å². The molecule has 0 saturated heterocycles. The molecule has 3 aromatic rings. The van der Waals surface area contributed by atoms with Gasteiger partial charge in [-0.15, -0.1) is 0 Å². The number of carbonyl (C=O) groups excluding carboxylic acids is 2. The smallest absolute Gasteiger partial charge is 0.264 e. The van der Waals surface area contributed by atoms with E-state index >= 15 is 0 Å². The second kappa shape index (κ2) is 15.5. The van der Waals surface area contributed by atoms with E-state index < -0.39 is 28.5 Å². The number of nitrogens with zero attached hydrogens (tertiary/aromatic N) is 2. The van der Waals surface area contributed by atoms with Crippen molar-refractivity contribution in [2.45, 2.75) is 64.1 Å². The van der Waals surface area contributed by atoms with E-state index in [4.69, 9.17) is 32.7 Å². The lowest BCUT2D eigenvalue weighted by atomic mass is 10.1. The fourth-order valence-electron chi connectivity index (χ4n) is 4.56. The highest BCUT2D eigenvalue weighted by molar-refractivity contribution is 7.92. The fraction of sp³-hybridized carbons (Fsp3) is 0.375. The summed E-state index contributed by atoms with van der Waals surface area (Å²) < 4.78 is 40.3. The molecule has 0 bridgehead atoms. The molecule has 238 valence electrons. The predicted octanol–water partition coefficient (Wildman–Crippen LogP) is 6.24. The molecular formula is C32H39Cl2N3O6S. The Morgan fingerprint density at radius 3 is 2.11 bits per heavy atom. The molecule has 0 aliphatic carbocycles. The van der Waals surface area contributed by atoms with Gasteiger partial charge in [0.1, 0.15) is 24.1 Å². The molecule has 3 rings (SSSR count). The van der Waals surface area contributed by atoms with Gasteiger partial charge in [-0.3, -0.25) is 13.9 Å². The van der Waals surface area contributed by atoms with Gasteiger partial charge in [0.2, 0.25) is 11.8 Å². The number of hydrogen-bond acceptors (Lipinski definition) is 6. The van der Waals surface area contributed by atoms with Crippen LogP contribution in [0.5, 0.6) is 11.5 Å². The van der Waals surface area contributed by atoms with E-state index in [2.05, 4.69) is 5.32 Å². The van der Waals surface area contributed by atoms with Gasteiger partial charge in [0, 0.05) is 34.3 Å². The van der Waals surface area contributed by atoms with Crippen LogP contribution in [0.4, 0.5) is 5.69 Å². The Morgan fingerprint density at radius 1 is 0.932 bits per heavy atom. The number of halogens is 2. The van der Waals surface area contributed by atoms with Crippen molar-refractivity contribution in [3.05, 3.63) is 81.8 Å². The SMILES string of the molecule is CC[C@@H](C)NC(=O)[C@@H](CC)N(Cc1c(Cl)cccc1Cl)C(=O)CN(c1cc(OC)ccc1OC)S(=O)(=O)c1ccc(C)cc1. The van der Waals surface area contributed by atoms with E-state index in [0.717, 1.165) is 9.87 Å². The van der Waals surface area contributed by atoms with Crippen molar-refractivity contribution in [1.29, 1.82) is 0 Å². The Bertz CT molecular complexity index is 1550. The lowest BCUT2D eigenvalue weighted by Gasteiger charge is -2.34. The topological polar surface area (TPSA) is 105 Å². The standard InChI is InChI=1S/C32H39Cl2N3O6S/c1-7-22(4)35-32(39)28(8-2)36(19-25-26(33)10-9-11-27(25)34)31(38)20-37(29-18-23(42-5)14-17-30(29)43-6)44(40,41)24-15-12-21(3)13-16-24/h9-18,22,28H,7-8,19-20H2,1-6H3,(H,35,39)/t22-,28-/m1/s1. The number of nitrogens with one attached hydrogen (secondary N) is 1. The Labute approximate surface area is 270 Å². The summed E-state index contributed by atoms with van der Waals surface area (Å²) >= 11 is 13.0. The number of aryl methyl sites for hydroxylation is 1. The number of benzene rings is 3. The van der Waals surface area contributed by atoms with Crippen LogP contribution in [0.2, 0.25) is 10.0 Å². The Morgan fingerprint density at radius 2 is 1.57 bits per heavy atom.